The third kappa shape index (κ3) is 2.59. The van der Waals surface area contributed by atoms with Crippen molar-refractivity contribution in [3.05, 3.63) is 42.0 Å². The summed E-state index contributed by atoms with van der Waals surface area (Å²) in [5.74, 6) is 0.917. The van der Waals surface area contributed by atoms with Crippen LogP contribution in [-0.2, 0) is 5.41 Å². The highest BCUT2D eigenvalue weighted by atomic mass is 28.3. The summed E-state index contributed by atoms with van der Waals surface area (Å²) in [6, 6.07) is 13.8. The largest absolute Gasteiger partial charge is 0.546 e. The minimum atomic E-state index is -1.09. The lowest BCUT2D eigenvalue weighted by Gasteiger charge is -2.22. The van der Waals surface area contributed by atoms with Crippen molar-refractivity contribution < 1.29 is 4.43 Å². The van der Waals surface area contributed by atoms with Gasteiger partial charge in [-0.05, 0) is 35.5 Å². The minimum absolute atomic E-state index is 0.146. The summed E-state index contributed by atoms with van der Waals surface area (Å²) in [6.45, 7) is 11.1. The fourth-order valence-electron chi connectivity index (χ4n) is 2.21. The Hall–Kier alpha value is -1.28. The van der Waals surface area contributed by atoms with Crippen molar-refractivity contribution >= 4 is 19.8 Å². The number of benzene rings is 2. The van der Waals surface area contributed by atoms with Crippen LogP contribution in [0.1, 0.15) is 26.3 Å². The summed E-state index contributed by atoms with van der Waals surface area (Å²) in [5, 5.41) is 2.47. The van der Waals surface area contributed by atoms with Gasteiger partial charge in [0.1, 0.15) is 5.75 Å². The Morgan fingerprint density at radius 3 is 2.39 bits per heavy atom. The van der Waals surface area contributed by atoms with E-state index in [1.807, 2.05) is 6.07 Å². The molecule has 95 valence electrons. The fraction of sp³-hybridized carbons (Fsp3) is 0.375. The number of hydrogen-bond acceptors (Lipinski definition) is 1. The van der Waals surface area contributed by atoms with E-state index in [9.17, 15) is 0 Å². The van der Waals surface area contributed by atoms with E-state index < -0.39 is 9.04 Å². The molecule has 0 saturated heterocycles. The monoisotopic (exact) mass is 257 g/mol. The Kier molecular flexibility index (Phi) is 3.49. The van der Waals surface area contributed by atoms with Gasteiger partial charge in [0.15, 0.2) is 0 Å². The van der Waals surface area contributed by atoms with Crippen LogP contribution in [0.4, 0.5) is 0 Å². The van der Waals surface area contributed by atoms with Crippen molar-refractivity contribution in [3.63, 3.8) is 0 Å². The molecular weight excluding hydrogens is 236 g/mol. The lowest BCUT2D eigenvalue weighted by atomic mass is 9.83. The summed E-state index contributed by atoms with van der Waals surface area (Å²) in [6.07, 6.45) is 0. The summed E-state index contributed by atoms with van der Waals surface area (Å²) in [7, 11) is -1.09. The molecule has 2 heteroatoms. The molecule has 0 fully saturated rings. The number of rotatable bonds is 2. The molecule has 0 bridgehead atoms. The molecule has 0 atom stereocenters. The quantitative estimate of drug-likeness (QED) is 0.729. The first-order chi connectivity index (χ1) is 8.39. The highest BCUT2D eigenvalue weighted by molar-refractivity contribution is 6.49. The van der Waals surface area contributed by atoms with Gasteiger partial charge in [-0.1, -0.05) is 45.0 Å². The van der Waals surface area contributed by atoms with Crippen LogP contribution in [0.2, 0.25) is 13.1 Å². The summed E-state index contributed by atoms with van der Waals surface area (Å²) in [4.78, 5) is 0. The third-order valence-corrected chi connectivity index (χ3v) is 3.68. The van der Waals surface area contributed by atoms with Gasteiger partial charge >= 0.3 is 0 Å². The van der Waals surface area contributed by atoms with Crippen molar-refractivity contribution in [2.75, 3.05) is 0 Å². The van der Waals surface area contributed by atoms with Crippen LogP contribution >= 0.6 is 0 Å². The molecule has 0 N–H and O–H groups in total. The van der Waals surface area contributed by atoms with E-state index in [1.165, 1.54) is 16.3 Å². The molecule has 0 amide bonds. The molecule has 2 aromatic carbocycles. The van der Waals surface area contributed by atoms with Crippen molar-refractivity contribution in [1.82, 2.24) is 0 Å². The van der Waals surface area contributed by atoms with Gasteiger partial charge in [0.05, 0.1) is 0 Å². The molecular formula is C16H21OSi. The smallest absolute Gasteiger partial charge is 0.229 e. The second-order valence-electron chi connectivity index (χ2n) is 5.99. The van der Waals surface area contributed by atoms with Crippen LogP contribution in [0.3, 0.4) is 0 Å². The molecule has 0 unspecified atom stereocenters. The Balaban J connectivity index is 2.66. The van der Waals surface area contributed by atoms with E-state index in [2.05, 4.69) is 64.2 Å². The highest BCUT2D eigenvalue weighted by Gasteiger charge is 2.17. The Morgan fingerprint density at radius 2 is 1.78 bits per heavy atom. The normalized spacial score (nSPS) is 12.1. The molecule has 0 spiro atoms. The average Bonchev–Trinajstić information content (AvgIpc) is 2.26. The van der Waals surface area contributed by atoms with Crippen LogP contribution in [0.5, 0.6) is 5.75 Å². The zero-order valence-electron chi connectivity index (χ0n) is 11.9. The second-order valence-corrected chi connectivity index (χ2v) is 8.32. The number of fused-ring (bicyclic) bond motifs is 1. The van der Waals surface area contributed by atoms with E-state index in [4.69, 9.17) is 4.43 Å². The zero-order chi connectivity index (χ0) is 13.3. The summed E-state index contributed by atoms with van der Waals surface area (Å²) in [5.41, 5.74) is 1.51. The van der Waals surface area contributed by atoms with Crippen molar-refractivity contribution in [2.45, 2.75) is 39.3 Å². The van der Waals surface area contributed by atoms with Gasteiger partial charge in [-0.2, -0.15) is 0 Å². The number of hydrogen-bond donors (Lipinski definition) is 0. The zero-order valence-corrected chi connectivity index (χ0v) is 13.0. The van der Waals surface area contributed by atoms with E-state index in [0.717, 1.165) is 5.75 Å². The molecule has 0 heterocycles. The van der Waals surface area contributed by atoms with Crippen LogP contribution in [-0.4, -0.2) is 9.04 Å². The first-order valence-electron chi connectivity index (χ1n) is 6.50. The van der Waals surface area contributed by atoms with Crippen LogP contribution in [0.25, 0.3) is 10.8 Å². The van der Waals surface area contributed by atoms with Gasteiger partial charge in [0.25, 0.3) is 0 Å². The summed E-state index contributed by atoms with van der Waals surface area (Å²) >= 11 is 0. The maximum Gasteiger partial charge on any atom is 0.229 e. The first kappa shape index (κ1) is 13.2. The van der Waals surface area contributed by atoms with Crippen LogP contribution in [0.15, 0.2) is 30.3 Å². The molecule has 2 aromatic rings. The second kappa shape index (κ2) is 4.77. The predicted octanol–water partition coefficient (Wildman–Crippen LogP) is 4.30. The van der Waals surface area contributed by atoms with Crippen molar-refractivity contribution in [1.29, 1.82) is 0 Å². The molecule has 2 rings (SSSR count). The topological polar surface area (TPSA) is 9.23 Å². The Morgan fingerprint density at radius 1 is 1.06 bits per heavy atom. The van der Waals surface area contributed by atoms with Crippen LogP contribution in [0, 0.1) is 6.07 Å². The van der Waals surface area contributed by atoms with E-state index in [0.29, 0.717) is 0 Å². The van der Waals surface area contributed by atoms with Gasteiger partial charge in [0, 0.05) is 11.5 Å². The maximum atomic E-state index is 5.98. The third-order valence-electron chi connectivity index (χ3n) is 2.98. The van der Waals surface area contributed by atoms with Crippen molar-refractivity contribution in [2.24, 2.45) is 0 Å². The molecule has 0 aliphatic rings. The lowest BCUT2D eigenvalue weighted by Crippen LogP contribution is -2.13. The van der Waals surface area contributed by atoms with E-state index in [-0.39, 0.29) is 5.41 Å². The van der Waals surface area contributed by atoms with Gasteiger partial charge in [0.2, 0.25) is 9.04 Å². The van der Waals surface area contributed by atoms with Crippen molar-refractivity contribution in [3.8, 4) is 5.75 Å². The Bertz CT molecular complexity index is 553. The molecule has 18 heavy (non-hydrogen) atoms. The molecule has 0 aliphatic heterocycles. The standard InChI is InChI=1S/C16H21OSi/c1-16(2,3)14-10-6-9-13-12(14)8-7-11-15(13)17-18(4)5/h6-10,18H,1-5H3. The van der Waals surface area contributed by atoms with Crippen LogP contribution < -0.4 is 4.43 Å². The highest BCUT2D eigenvalue weighted by Crippen LogP contribution is 2.33. The maximum absolute atomic E-state index is 5.98. The van der Waals surface area contributed by atoms with Gasteiger partial charge in [-0.25, -0.2) is 0 Å². The minimum Gasteiger partial charge on any atom is -0.546 e. The predicted molar refractivity (Wildman–Crippen MR) is 81.0 cm³/mol. The van der Waals surface area contributed by atoms with Gasteiger partial charge < -0.3 is 4.43 Å². The molecule has 0 saturated carbocycles. The van der Waals surface area contributed by atoms with Gasteiger partial charge in [-0.3, -0.25) is 0 Å². The molecule has 0 aromatic heterocycles. The molecule has 1 radical (unpaired) electrons. The van der Waals surface area contributed by atoms with E-state index in [1.54, 1.807) is 0 Å². The van der Waals surface area contributed by atoms with Gasteiger partial charge in [-0.15, -0.1) is 0 Å². The van der Waals surface area contributed by atoms with E-state index >= 15 is 0 Å². The average molecular weight is 257 g/mol. The SMILES string of the molecule is C[SiH](C)Oc1[c]ccc2c(C(C)(C)C)cccc12. The molecule has 1 nitrogen and oxygen atoms in total. The molecule has 0 aliphatic carbocycles. The lowest BCUT2D eigenvalue weighted by molar-refractivity contribution is 0.584. The summed E-state index contributed by atoms with van der Waals surface area (Å²) < 4.78 is 5.98. The Labute approximate surface area is 112 Å². The fourth-order valence-corrected chi connectivity index (χ4v) is 2.87. The first-order valence-corrected chi connectivity index (χ1v) is 9.28.